The van der Waals surface area contributed by atoms with Crippen LogP contribution >= 0.6 is 0 Å². The maximum absolute atomic E-state index is 11.2. The molecule has 4 heteroatoms. The molecule has 0 fully saturated rings. The molecule has 0 aliphatic carbocycles. The zero-order valence-corrected chi connectivity index (χ0v) is 8.36. The van der Waals surface area contributed by atoms with Crippen molar-refractivity contribution < 1.29 is 19.1 Å². The summed E-state index contributed by atoms with van der Waals surface area (Å²) in [6, 6.07) is 6.02. The first kappa shape index (κ1) is 11.2. The molecule has 15 heavy (non-hydrogen) atoms. The Morgan fingerprint density at radius 3 is 2.00 bits per heavy atom. The fourth-order valence-corrected chi connectivity index (χ4v) is 1.04. The molecule has 0 saturated heterocycles. The average molecular weight is 207 g/mol. The number of benzene rings is 1. The van der Waals surface area contributed by atoms with E-state index in [2.05, 4.69) is 16.4 Å². The van der Waals surface area contributed by atoms with Crippen molar-refractivity contribution in [2.45, 2.75) is 0 Å². The Labute approximate surface area is 87.8 Å². The van der Waals surface area contributed by atoms with Gasteiger partial charge in [0.1, 0.15) is 0 Å². The molecule has 1 aromatic rings. The van der Waals surface area contributed by atoms with Crippen LogP contribution in [0.4, 0.5) is 0 Å². The SMILES string of the molecule is [CH2]COC(=O)c1ccc(C(=O)OC)cc1. The molecule has 0 unspecified atom stereocenters. The monoisotopic (exact) mass is 207 g/mol. The summed E-state index contributed by atoms with van der Waals surface area (Å²) < 4.78 is 9.21. The lowest BCUT2D eigenvalue weighted by molar-refractivity contribution is 0.0544. The summed E-state index contributed by atoms with van der Waals surface area (Å²) >= 11 is 0. The van der Waals surface area contributed by atoms with Gasteiger partial charge in [0.15, 0.2) is 0 Å². The molecule has 4 nitrogen and oxygen atoms in total. The minimum Gasteiger partial charge on any atom is -0.465 e. The molecule has 0 atom stereocenters. The summed E-state index contributed by atoms with van der Waals surface area (Å²) in [5, 5.41) is 0. The van der Waals surface area contributed by atoms with Crippen LogP contribution in [-0.4, -0.2) is 25.7 Å². The fourth-order valence-electron chi connectivity index (χ4n) is 1.04. The summed E-state index contributed by atoms with van der Waals surface area (Å²) in [4.78, 5) is 22.3. The number of carbonyl (C=O) groups excluding carboxylic acids is 2. The zero-order valence-electron chi connectivity index (χ0n) is 8.36. The van der Waals surface area contributed by atoms with Gasteiger partial charge in [-0.25, -0.2) is 9.59 Å². The van der Waals surface area contributed by atoms with Crippen molar-refractivity contribution in [2.75, 3.05) is 13.7 Å². The van der Waals surface area contributed by atoms with E-state index in [1.807, 2.05) is 0 Å². The lowest BCUT2D eigenvalue weighted by Gasteiger charge is -2.02. The average Bonchev–Trinajstić information content (AvgIpc) is 2.28. The molecule has 0 spiro atoms. The van der Waals surface area contributed by atoms with Crippen molar-refractivity contribution in [1.82, 2.24) is 0 Å². The minimum absolute atomic E-state index is 0.0809. The minimum atomic E-state index is -0.457. The van der Waals surface area contributed by atoms with E-state index >= 15 is 0 Å². The first-order chi connectivity index (χ1) is 7.19. The molecule has 0 saturated carbocycles. The second-order valence-corrected chi connectivity index (χ2v) is 2.70. The van der Waals surface area contributed by atoms with Crippen LogP contribution in [0.15, 0.2) is 24.3 Å². The highest BCUT2D eigenvalue weighted by atomic mass is 16.5. The van der Waals surface area contributed by atoms with E-state index in [0.717, 1.165) is 0 Å². The maximum atomic E-state index is 11.2. The molecule has 0 aliphatic rings. The van der Waals surface area contributed by atoms with Crippen molar-refractivity contribution in [3.63, 3.8) is 0 Å². The Morgan fingerprint density at radius 2 is 1.60 bits per heavy atom. The van der Waals surface area contributed by atoms with E-state index in [1.54, 1.807) is 0 Å². The van der Waals surface area contributed by atoms with E-state index in [-0.39, 0.29) is 6.61 Å². The summed E-state index contributed by atoms with van der Waals surface area (Å²) in [5.74, 6) is -0.895. The molecule has 0 aromatic heterocycles. The molecular formula is C11H11O4. The van der Waals surface area contributed by atoms with Crippen molar-refractivity contribution in [3.8, 4) is 0 Å². The molecule has 1 aromatic carbocycles. The van der Waals surface area contributed by atoms with Crippen LogP contribution in [-0.2, 0) is 9.47 Å². The molecule has 1 rings (SSSR count). The highest BCUT2D eigenvalue weighted by Gasteiger charge is 2.08. The van der Waals surface area contributed by atoms with Gasteiger partial charge in [-0.2, -0.15) is 0 Å². The summed E-state index contributed by atoms with van der Waals surface area (Å²) in [7, 11) is 1.30. The Morgan fingerprint density at radius 1 is 1.13 bits per heavy atom. The first-order valence-electron chi connectivity index (χ1n) is 4.33. The van der Waals surface area contributed by atoms with Crippen LogP contribution in [0.1, 0.15) is 20.7 Å². The molecular weight excluding hydrogens is 196 g/mol. The zero-order chi connectivity index (χ0) is 11.3. The van der Waals surface area contributed by atoms with Gasteiger partial charge in [-0.1, -0.05) is 0 Å². The smallest absolute Gasteiger partial charge is 0.338 e. The van der Waals surface area contributed by atoms with Gasteiger partial charge in [0.2, 0.25) is 0 Å². The van der Waals surface area contributed by atoms with Gasteiger partial charge in [0.25, 0.3) is 0 Å². The van der Waals surface area contributed by atoms with Gasteiger partial charge in [0, 0.05) is 0 Å². The van der Waals surface area contributed by atoms with Gasteiger partial charge >= 0.3 is 11.9 Å². The van der Waals surface area contributed by atoms with Gasteiger partial charge in [-0.3, -0.25) is 0 Å². The fraction of sp³-hybridized carbons (Fsp3) is 0.182. The van der Waals surface area contributed by atoms with E-state index in [9.17, 15) is 9.59 Å². The number of esters is 2. The highest BCUT2D eigenvalue weighted by molar-refractivity contribution is 5.93. The molecule has 0 bridgehead atoms. The van der Waals surface area contributed by atoms with Gasteiger partial charge in [0.05, 0.1) is 24.8 Å². The first-order valence-corrected chi connectivity index (χ1v) is 4.33. The van der Waals surface area contributed by atoms with Crippen molar-refractivity contribution in [2.24, 2.45) is 0 Å². The Balaban J connectivity index is 2.80. The highest BCUT2D eigenvalue weighted by Crippen LogP contribution is 2.06. The van der Waals surface area contributed by atoms with Gasteiger partial charge in [-0.15, -0.1) is 0 Å². The third kappa shape index (κ3) is 2.80. The Kier molecular flexibility index (Phi) is 3.85. The maximum Gasteiger partial charge on any atom is 0.338 e. The van der Waals surface area contributed by atoms with E-state index < -0.39 is 11.9 Å². The van der Waals surface area contributed by atoms with Crippen molar-refractivity contribution in [3.05, 3.63) is 42.3 Å². The summed E-state index contributed by atoms with van der Waals surface area (Å²) in [5.41, 5.74) is 0.773. The van der Waals surface area contributed by atoms with Crippen molar-refractivity contribution >= 4 is 11.9 Å². The van der Waals surface area contributed by atoms with Gasteiger partial charge in [-0.05, 0) is 31.2 Å². The largest absolute Gasteiger partial charge is 0.465 e. The number of ether oxygens (including phenoxy) is 2. The van der Waals surface area contributed by atoms with Crippen LogP contribution in [0.3, 0.4) is 0 Å². The third-order valence-corrected chi connectivity index (χ3v) is 1.77. The number of methoxy groups -OCH3 is 1. The van der Waals surface area contributed by atoms with Crippen LogP contribution in [0.25, 0.3) is 0 Å². The molecule has 0 aliphatic heterocycles. The second-order valence-electron chi connectivity index (χ2n) is 2.70. The van der Waals surface area contributed by atoms with Crippen LogP contribution in [0.2, 0.25) is 0 Å². The van der Waals surface area contributed by atoms with Crippen LogP contribution in [0.5, 0.6) is 0 Å². The predicted molar refractivity (Wildman–Crippen MR) is 53.4 cm³/mol. The van der Waals surface area contributed by atoms with E-state index in [4.69, 9.17) is 0 Å². The topological polar surface area (TPSA) is 52.6 Å². The lowest BCUT2D eigenvalue weighted by Crippen LogP contribution is -2.06. The summed E-state index contributed by atoms with van der Waals surface area (Å²) in [6.45, 7) is 3.47. The molecule has 0 heterocycles. The number of carbonyl (C=O) groups is 2. The number of hydrogen-bond donors (Lipinski definition) is 0. The Bertz CT molecular complexity index is 353. The number of hydrogen-bond acceptors (Lipinski definition) is 4. The predicted octanol–water partition coefficient (Wildman–Crippen LogP) is 1.46. The van der Waals surface area contributed by atoms with Crippen molar-refractivity contribution in [1.29, 1.82) is 0 Å². The van der Waals surface area contributed by atoms with Crippen LogP contribution in [0, 0.1) is 6.92 Å². The Hall–Kier alpha value is -1.84. The quantitative estimate of drug-likeness (QED) is 0.704. The lowest BCUT2D eigenvalue weighted by atomic mass is 10.1. The van der Waals surface area contributed by atoms with Crippen LogP contribution < -0.4 is 0 Å². The molecule has 0 N–H and O–H groups in total. The van der Waals surface area contributed by atoms with Gasteiger partial charge < -0.3 is 9.47 Å². The normalized spacial score (nSPS) is 9.47. The number of rotatable bonds is 3. The third-order valence-electron chi connectivity index (χ3n) is 1.77. The molecule has 1 radical (unpaired) electrons. The molecule has 0 amide bonds. The second kappa shape index (κ2) is 5.14. The van der Waals surface area contributed by atoms with E-state index in [1.165, 1.54) is 31.4 Å². The standard InChI is InChI=1S/C11H11O4/c1-3-15-11(13)9-6-4-8(5-7-9)10(12)14-2/h4-7H,1,3H2,2H3. The van der Waals surface area contributed by atoms with E-state index in [0.29, 0.717) is 11.1 Å². The summed E-state index contributed by atoms with van der Waals surface area (Å²) in [6.07, 6.45) is 0. The molecule has 79 valence electrons.